The highest BCUT2D eigenvalue weighted by Gasteiger charge is 2.45. The first-order valence-electron chi connectivity index (χ1n) is 13.8. The highest BCUT2D eigenvalue weighted by atomic mass is 19.4. The molecule has 13 heteroatoms. The lowest BCUT2D eigenvalue weighted by molar-refractivity contribution is -0.143. The molecule has 0 bridgehead atoms. The molecule has 1 saturated heterocycles. The number of anilines is 1. The summed E-state index contributed by atoms with van der Waals surface area (Å²) in [6.45, 7) is 0.694. The summed E-state index contributed by atoms with van der Waals surface area (Å²) in [5.41, 5.74) is -2.86. The van der Waals surface area contributed by atoms with E-state index in [0.29, 0.717) is 67.4 Å². The van der Waals surface area contributed by atoms with Gasteiger partial charge in [-0.25, -0.2) is 0 Å². The number of rotatable bonds is 8. The van der Waals surface area contributed by atoms with Gasteiger partial charge in [0.25, 0.3) is 5.91 Å². The second-order valence-corrected chi connectivity index (χ2v) is 11.4. The first-order valence-corrected chi connectivity index (χ1v) is 13.8. The van der Waals surface area contributed by atoms with Crippen LogP contribution in [0, 0.1) is 11.3 Å². The quantitative estimate of drug-likeness (QED) is 0.359. The third-order valence-corrected chi connectivity index (χ3v) is 8.22. The van der Waals surface area contributed by atoms with Gasteiger partial charge in [-0.15, -0.1) is 0 Å². The van der Waals surface area contributed by atoms with E-state index in [2.05, 4.69) is 10.6 Å². The molecule has 0 radical (unpaired) electrons. The number of alkyl halides is 6. The van der Waals surface area contributed by atoms with Crippen molar-refractivity contribution >= 4 is 17.5 Å². The average Bonchev–Trinajstić information content (AvgIpc) is 3.75. The molecule has 2 aromatic rings. The van der Waals surface area contributed by atoms with Gasteiger partial charge in [0, 0.05) is 13.1 Å². The Balaban J connectivity index is 1.23. The highest BCUT2D eigenvalue weighted by Crippen LogP contribution is 2.46. The Kier molecular flexibility index (Phi) is 8.18. The lowest BCUT2D eigenvalue weighted by Crippen LogP contribution is -2.49. The molecule has 3 N–H and O–H groups in total. The number of piperidine rings is 1. The SMILES string of the molecule is O=C1COc2ccc([C@H](O)CN3CCC(CC4CC4)(C(=O)NCc4cc(C(F)(F)F)cc(C(F)(F)F)c4)CC3)cc2N1. The Morgan fingerprint density at radius 1 is 1.05 bits per heavy atom. The standard InChI is InChI=1S/C29H31F6N3O4/c30-28(31,32)20-9-18(10-21(12-20)29(33,34)35)14-36-26(41)27(13-17-1-2-17)5-7-38(8-6-27)15-23(39)19-3-4-24-22(11-19)37-25(40)16-42-24/h3-4,9-12,17,23,39H,1-2,5-8,13-16H2,(H,36,41)(H,37,40)/t23-/m1/s1. The van der Waals surface area contributed by atoms with Crippen LogP contribution >= 0.6 is 0 Å². The fraction of sp³-hybridized carbons (Fsp3) is 0.517. The minimum Gasteiger partial charge on any atom is -0.482 e. The van der Waals surface area contributed by atoms with Crippen LogP contribution in [-0.2, 0) is 28.5 Å². The van der Waals surface area contributed by atoms with Crippen LogP contribution in [0.3, 0.4) is 0 Å². The Morgan fingerprint density at radius 2 is 1.69 bits per heavy atom. The molecule has 1 atom stereocenters. The summed E-state index contributed by atoms with van der Waals surface area (Å²) in [6.07, 6.45) is -7.40. The van der Waals surface area contributed by atoms with Crippen LogP contribution in [0.25, 0.3) is 0 Å². The van der Waals surface area contributed by atoms with E-state index in [1.165, 1.54) is 0 Å². The number of ether oxygens (including phenoxy) is 1. The molecule has 2 amide bonds. The van der Waals surface area contributed by atoms with Crippen molar-refractivity contribution in [3.05, 3.63) is 58.7 Å². The van der Waals surface area contributed by atoms with Crippen molar-refractivity contribution in [3.8, 4) is 5.75 Å². The summed E-state index contributed by atoms with van der Waals surface area (Å²) in [5, 5.41) is 16.2. The van der Waals surface area contributed by atoms with Crippen molar-refractivity contribution in [2.24, 2.45) is 11.3 Å². The molecule has 3 aliphatic rings. The van der Waals surface area contributed by atoms with Crippen LogP contribution in [0.2, 0.25) is 0 Å². The van der Waals surface area contributed by atoms with Gasteiger partial charge in [-0.1, -0.05) is 18.9 Å². The van der Waals surface area contributed by atoms with Crippen LogP contribution in [0.15, 0.2) is 36.4 Å². The molecular weight excluding hydrogens is 568 g/mol. The molecule has 2 aromatic carbocycles. The van der Waals surface area contributed by atoms with Gasteiger partial charge < -0.3 is 25.4 Å². The number of amides is 2. The maximum atomic E-state index is 13.5. The summed E-state index contributed by atoms with van der Waals surface area (Å²) in [6, 6.07) is 6.38. The van der Waals surface area contributed by atoms with E-state index >= 15 is 0 Å². The molecule has 1 aliphatic carbocycles. The number of carbonyl (C=O) groups excluding carboxylic acids is 2. The van der Waals surface area contributed by atoms with E-state index < -0.39 is 41.5 Å². The van der Waals surface area contributed by atoms with Crippen LogP contribution in [0.4, 0.5) is 32.0 Å². The largest absolute Gasteiger partial charge is 0.482 e. The third-order valence-electron chi connectivity index (χ3n) is 8.22. The molecule has 5 rings (SSSR count). The maximum Gasteiger partial charge on any atom is 0.416 e. The predicted molar refractivity (Wildman–Crippen MR) is 139 cm³/mol. The van der Waals surface area contributed by atoms with Crippen LogP contribution < -0.4 is 15.4 Å². The van der Waals surface area contributed by atoms with Gasteiger partial charge in [0.2, 0.25) is 5.91 Å². The number of halogens is 6. The first-order chi connectivity index (χ1) is 19.7. The maximum absolute atomic E-state index is 13.5. The van der Waals surface area contributed by atoms with Gasteiger partial charge in [-0.2, -0.15) is 26.3 Å². The molecule has 0 aromatic heterocycles. The summed E-state index contributed by atoms with van der Waals surface area (Å²) < 4.78 is 84.9. The normalized spacial score (nSPS) is 19.8. The zero-order valence-electron chi connectivity index (χ0n) is 22.6. The summed E-state index contributed by atoms with van der Waals surface area (Å²) in [5.74, 6) is 0.195. The van der Waals surface area contributed by atoms with Crippen molar-refractivity contribution in [1.82, 2.24) is 10.2 Å². The second-order valence-electron chi connectivity index (χ2n) is 11.4. The third kappa shape index (κ3) is 7.00. The number of aliphatic hydroxyl groups excluding tert-OH is 1. The van der Waals surface area contributed by atoms with E-state index in [0.717, 1.165) is 12.8 Å². The van der Waals surface area contributed by atoms with Gasteiger partial charge in [-0.3, -0.25) is 9.59 Å². The molecule has 2 heterocycles. The van der Waals surface area contributed by atoms with E-state index in [-0.39, 0.29) is 36.6 Å². The van der Waals surface area contributed by atoms with Crippen molar-refractivity contribution in [1.29, 1.82) is 0 Å². The molecular formula is C29H31F6N3O4. The number of nitrogens with one attached hydrogen (secondary N) is 2. The van der Waals surface area contributed by atoms with Crippen molar-refractivity contribution < 1.29 is 45.8 Å². The number of aliphatic hydroxyl groups is 1. The topological polar surface area (TPSA) is 90.9 Å². The van der Waals surface area contributed by atoms with E-state index in [1.54, 1.807) is 18.2 Å². The number of likely N-dealkylation sites (tertiary alicyclic amines) is 1. The van der Waals surface area contributed by atoms with E-state index in [9.17, 15) is 41.0 Å². The van der Waals surface area contributed by atoms with Gasteiger partial charge in [0.1, 0.15) is 5.75 Å². The first kappa shape index (κ1) is 30.1. The lowest BCUT2D eigenvalue weighted by Gasteiger charge is -2.41. The molecule has 7 nitrogen and oxygen atoms in total. The van der Waals surface area contributed by atoms with Gasteiger partial charge in [0.05, 0.1) is 28.3 Å². The van der Waals surface area contributed by atoms with Crippen molar-refractivity contribution in [2.45, 2.75) is 57.1 Å². The van der Waals surface area contributed by atoms with Gasteiger partial charge in [-0.05, 0) is 79.7 Å². The van der Waals surface area contributed by atoms with Crippen LogP contribution in [-0.4, -0.2) is 48.1 Å². The number of hydrogen-bond acceptors (Lipinski definition) is 5. The monoisotopic (exact) mass is 599 g/mol. The Hall–Kier alpha value is -3.32. The van der Waals surface area contributed by atoms with E-state index in [1.807, 2.05) is 4.90 Å². The predicted octanol–water partition coefficient (Wildman–Crippen LogP) is 5.29. The molecule has 2 aliphatic heterocycles. The Labute approximate surface area is 238 Å². The fourth-order valence-corrected chi connectivity index (χ4v) is 5.71. The highest BCUT2D eigenvalue weighted by molar-refractivity contribution is 5.95. The number of carbonyl (C=O) groups is 2. The van der Waals surface area contributed by atoms with Crippen LogP contribution in [0.5, 0.6) is 5.75 Å². The van der Waals surface area contributed by atoms with Gasteiger partial charge in [0.15, 0.2) is 6.61 Å². The molecule has 0 unspecified atom stereocenters. The second kappa shape index (κ2) is 11.4. The number of nitrogens with zero attached hydrogens (tertiary/aromatic N) is 1. The summed E-state index contributed by atoms with van der Waals surface area (Å²) >= 11 is 0. The smallest absolute Gasteiger partial charge is 0.416 e. The minimum atomic E-state index is -4.97. The minimum absolute atomic E-state index is 0.0675. The van der Waals surface area contributed by atoms with Crippen molar-refractivity contribution in [3.63, 3.8) is 0 Å². The van der Waals surface area contributed by atoms with E-state index in [4.69, 9.17) is 4.74 Å². The number of hydrogen-bond donors (Lipinski definition) is 3. The Bertz CT molecular complexity index is 1300. The number of benzene rings is 2. The molecule has 2 fully saturated rings. The number of β-amino-alcohol motifs (C(OH)–C–C–N with tert-alkyl or cyclic N) is 1. The zero-order valence-corrected chi connectivity index (χ0v) is 22.6. The summed E-state index contributed by atoms with van der Waals surface area (Å²) in [7, 11) is 0. The summed E-state index contributed by atoms with van der Waals surface area (Å²) in [4.78, 5) is 27.1. The van der Waals surface area contributed by atoms with Crippen LogP contribution in [0.1, 0.15) is 60.5 Å². The zero-order chi connectivity index (χ0) is 30.3. The average molecular weight is 600 g/mol. The molecule has 0 spiro atoms. The Morgan fingerprint density at radius 3 is 2.29 bits per heavy atom. The molecule has 228 valence electrons. The molecule has 42 heavy (non-hydrogen) atoms. The van der Waals surface area contributed by atoms with Crippen molar-refractivity contribution in [2.75, 3.05) is 31.6 Å². The molecule has 1 saturated carbocycles. The number of fused-ring (bicyclic) bond motifs is 1. The van der Waals surface area contributed by atoms with Gasteiger partial charge >= 0.3 is 12.4 Å². The lowest BCUT2D eigenvalue weighted by atomic mass is 9.73. The fourth-order valence-electron chi connectivity index (χ4n) is 5.71.